The first-order valence-electron chi connectivity index (χ1n) is 5.62. The molecule has 15 heavy (non-hydrogen) atoms. The summed E-state index contributed by atoms with van der Waals surface area (Å²) in [4.78, 5) is 4.31. The summed E-state index contributed by atoms with van der Waals surface area (Å²) in [6.45, 7) is 3.11. The fraction of sp³-hybridized carbons (Fsp3) is 0.462. The third kappa shape index (κ3) is 1.44. The molecule has 1 heterocycles. The Bertz CT molecular complexity index is 413. The summed E-state index contributed by atoms with van der Waals surface area (Å²) in [7, 11) is 0. The molecule has 1 atom stereocenters. The van der Waals surface area contributed by atoms with Crippen LogP contribution in [-0.4, -0.2) is 18.4 Å². The van der Waals surface area contributed by atoms with Crippen molar-refractivity contribution in [3.05, 3.63) is 34.9 Å². The van der Waals surface area contributed by atoms with Crippen LogP contribution in [0.15, 0.2) is 23.2 Å². The van der Waals surface area contributed by atoms with Gasteiger partial charge in [0.25, 0.3) is 0 Å². The van der Waals surface area contributed by atoms with E-state index >= 15 is 0 Å². The molecule has 0 saturated carbocycles. The van der Waals surface area contributed by atoms with Crippen LogP contribution < -0.4 is 5.32 Å². The van der Waals surface area contributed by atoms with Crippen LogP contribution in [0.25, 0.3) is 0 Å². The average Bonchev–Trinajstić information content (AvgIpc) is 2.67. The van der Waals surface area contributed by atoms with Crippen molar-refractivity contribution < 1.29 is 0 Å². The molecule has 1 spiro atoms. The molecular formula is C13H16N2. The van der Waals surface area contributed by atoms with Crippen molar-refractivity contribution in [3.63, 3.8) is 0 Å². The van der Waals surface area contributed by atoms with E-state index in [0.717, 1.165) is 13.0 Å². The third-order valence-corrected chi connectivity index (χ3v) is 3.62. The van der Waals surface area contributed by atoms with Crippen molar-refractivity contribution in [1.82, 2.24) is 5.32 Å². The summed E-state index contributed by atoms with van der Waals surface area (Å²) in [5.74, 6) is 0. The van der Waals surface area contributed by atoms with E-state index in [1.807, 2.05) is 6.34 Å². The van der Waals surface area contributed by atoms with Crippen molar-refractivity contribution in [3.8, 4) is 0 Å². The summed E-state index contributed by atoms with van der Waals surface area (Å²) in [6, 6.07) is 6.83. The highest BCUT2D eigenvalue weighted by Crippen LogP contribution is 2.30. The molecule has 2 aliphatic rings. The van der Waals surface area contributed by atoms with Crippen LogP contribution in [0.5, 0.6) is 0 Å². The lowest BCUT2D eigenvalue weighted by molar-refractivity contribution is 0.363. The van der Waals surface area contributed by atoms with Crippen molar-refractivity contribution in [2.75, 3.05) is 6.54 Å². The van der Waals surface area contributed by atoms with E-state index in [-0.39, 0.29) is 5.54 Å². The van der Waals surface area contributed by atoms with Crippen molar-refractivity contribution in [1.29, 1.82) is 0 Å². The van der Waals surface area contributed by atoms with Crippen LogP contribution >= 0.6 is 0 Å². The SMILES string of the molecule is Cc1ccc2c(c1)CCC1(CN=CN1)C2. The van der Waals surface area contributed by atoms with Gasteiger partial charge in [0.1, 0.15) is 0 Å². The molecule has 1 aliphatic heterocycles. The lowest BCUT2D eigenvalue weighted by Gasteiger charge is -2.34. The summed E-state index contributed by atoms with van der Waals surface area (Å²) in [5, 5.41) is 3.44. The van der Waals surface area contributed by atoms with Crippen LogP contribution in [0.2, 0.25) is 0 Å². The molecule has 1 unspecified atom stereocenters. The summed E-state index contributed by atoms with van der Waals surface area (Å²) >= 11 is 0. The highest BCUT2D eigenvalue weighted by molar-refractivity contribution is 5.59. The van der Waals surface area contributed by atoms with Gasteiger partial charge in [0.15, 0.2) is 0 Å². The molecule has 0 aromatic heterocycles. The Morgan fingerprint density at radius 1 is 1.33 bits per heavy atom. The molecule has 0 bridgehead atoms. The average molecular weight is 200 g/mol. The Balaban J connectivity index is 1.93. The first-order chi connectivity index (χ1) is 7.27. The summed E-state index contributed by atoms with van der Waals surface area (Å²) in [5.41, 5.74) is 4.65. The molecule has 3 rings (SSSR count). The molecule has 2 heteroatoms. The van der Waals surface area contributed by atoms with Crippen LogP contribution in [0.1, 0.15) is 23.1 Å². The lowest BCUT2D eigenvalue weighted by atomic mass is 9.78. The highest BCUT2D eigenvalue weighted by Gasteiger charge is 2.35. The van der Waals surface area contributed by atoms with Crippen LogP contribution in [0.3, 0.4) is 0 Å². The molecule has 1 aliphatic carbocycles. The summed E-state index contributed by atoms with van der Waals surface area (Å²) in [6.07, 6.45) is 5.40. The standard InChI is InChI=1S/C13H16N2/c1-10-2-3-12-7-13(8-14-9-15-13)5-4-11(12)6-10/h2-3,6,9H,4-5,7-8H2,1H3,(H,14,15). The maximum Gasteiger partial charge on any atom is 0.0829 e. The lowest BCUT2D eigenvalue weighted by Crippen LogP contribution is -2.47. The van der Waals surface area contributed by atoms with Gasteiger partial charge in [-0.05, 0) is 37.3 Å². The quantitative estimate of drug-likeness (QED) is 0.679. The molecular weight excluding hydrogens is 184 g/mol. The predicted molar refractivity (Wildman–Crippen MR) is 62.4 cm³/mol. The zero-order chi connectivity index (χ0) is 10.3. The van der Waals surface area contributed by atoms with E-state index in [1.165, 1.54) is 29.5 Å². The minimum absolute atomic E-state index is 0.238. The van der Waals surface area contributed by atoms with Crippen molar-refractivity contribution >= 4 is 6.34 Å². The van der Waals surface area contributed by atoms with Gasteiger partial charge in [0, 0.05) is 0 Å². The number of hydrogen-bond acceptors (Lipinski definition) is 2. The van der Waals surface area contributed by atoms with E-state index in [4.69, 9.17) is 0 Å². The van der Waals surface area contributed by atoms with E-state index in [1.54, 1.807) is 0 Å². The number of nitrogens with one attached hydrogen (secondary N) is 1. The minimum Gasteiger partial charge on any atom is -0.369 e. The monoisotopic (exact) mass is 200 g/mol. The van der Waals surface area contributed by atoms with Crippen molar-refractivity contribution in [2.24, 2.45) is 4.99 Å². The van der Waals surface area contributed by atoms with Crippen LogP contribution in [0, 0.1) is 6.92 Å². The summed E-state index contributed by atoms with van der Waals surface area (Å²) < 4.78 is 0. The van der Waals surface area contributed by atoms with Gasteiger partial charge in [-0.3, -0.25) is 4.99 Å². The third-order valence-electron chi connectivity index (χ3n) is 3.62. The minimum atomic E-state index is 0.238. The number of rotatable bonds is 0. The largest absolute Gasteiger partial charge is 0.369 e. The Labute approximate surface area is 90.4 Å². The second-order valence-corrected chi connectivity index (χ2v) is 4.84. The Morgan fingerprint density at radius 2 is 2.27 bits per heavy atom. The van der Waals surface area contributed by atoms with Gasteiger partial charge < -0.3 is 5.32 Å². The maximum absolute atomic E-state index is 4.31. The number of hydrogen-bond donors (Lipinski definition) is 1. The smallest absolute Gasteiger partial charge is 0.0829 e. The van der Waals surface area contributed by atoms with Crippen LogP contribution in [0.4, 0.5) is 0 Å². The molecule has 0 fully saturated rings. The van der Waals surface area contributed by atoms with Gasteiger partial charge >= 0.3 is 0 Å². The predicted octanol–water partition coefficient (Wildman–Crippen LogP) is 1.85. The molecule has 1 N–H and O–H groups in total. The normalized spacial score (nSPS) is 27.8. The van der Waals surface area contributed by atoms with E-state index in [0.29, 0.717) is 0 Å². The fourth-order valence-corrected chi connectivity index (χ4v) is 2.69. The van der Waals surface area contributed by atoms with Gasteiger partial charge in [-0.15, -0.1) is 0 Å². The molecule has 1 aromatic rings. The number of nitrogens with zero attached hydrogens (tertiary/aromatic N) is 1. The number of aliphatic imine (C=N–C) groups is 1. The Hall–Kier alpha value is -1.31. The second kappa shape index (κ2) is 3.09. The topological polar surface area (TPSA) is 24.4 Å². The van der Waals surface area contributed by atoms with Gasteiger partial charge in [0.05, 0.1) is 18.4 Å². The van der Waals surface area contributed by atoms with Crippen LogP contribution in [-0.2, 0) is 12.8 Å². The molecule has 0 amide bonds. The Morgan fingerprint density at radius 3 is 3.07 bits per heavy atom. The van der Waals surface area contributed by atoms with E-state index < -0.39 is 0 Å². The van der Waals surface area contributed by atoms with Gasteiger partial charge in [0.2, 0.25) is 0 Å². The van der Waals surface area contributed by atoms with E-state index in [9.17, 15) is 0 Å². The van der Waals surface area contributed by atoms with E-state index in [2.05, 4.69) is 35.4 Å². The van der Waals surface area contributed by atoms with Gasteiger partial charge in [-0.2, -0.15) is 0 Å². The van der Waals surface area contributed by atoms with Gasteiger partial charge in [-0.1, -0.05) is 23.8 Å². The number of fused-ring (bicyclic) bond motifs is 1. The maximum atomic E-state index is 4.31. The number of aryl methyl sites for hydroxylation is 2. The highest BCUT2D eigenvalue weighted by atomic mass is 15.1. The number of benzene rings is 1. The molecule has 78 valence electrons. The first kappa shape index (κ1) is 8.96. The molecule has 0 radical (unpaired) electrons. The fourth-order valence-electron chi connectivity index (χ4n) is 2.69. The first-order valence-corrected chi connectivity index (χ1v) is 5.62. The Kier molecular flexibility index (Phi) is 1.84. The molecule has 2 nitrogen and oxygen atoms in total. The zero-order valence-corrected chi connectivity index (χ0v) is 9.09. The zero-order valence-electron chi connectivity index (χ0n) is 9.09. The molecule has 0 saturated heterocycles. The van der Waals surface area contributed by atoms with Gasteiger partial charge in [-0.25, -0.2) is 0 Å². The second-order valence-electron chi connectivity index (χ2n) is 4.84. The van der Waals surface area contributed by atoms with Crippen molar-refractivity contribution in [2.45, 2.75) is 31.7 Å². The molecule has 1 aromatic carbocycles.